The predicted octanol–water partition coefficient (Wildman–Crippen LogP) is -0.161. The second-order valence-electron chi connectivity index (χ2n) is 4.68. The number of carbonyl (C=O) groups excluding carboxylic acids is 3. The summed E-state index contributed by atoms with van der Waals surface area (Å²) in [4.78, 5) is 44.0. The first-order chi connectivity index (χ1) is 9.31. The van der Waals surface area contributed by atoms with Crippen LogP contribution < -0.4 is 16.0 Å². The van der Waals surface area contributed by atoms with Crippen LogP contribution in [-0.2, 0) is 14.4 Å². The van der Waals surface area contributed by atoms with E-state index >= 15 is 0 Å². The average Bonchev–Trinajstić information content (AvgIpc) is 2.33. The van der Waals surface area contributed by atoms with Crippen molar-refractivity contribution in [3.05, 3.63) is 0 Å². The molecule has 0 rings (SSSR count). The van der Waals surface area contributed by atoms with Crippen molar-refractivity contribution in [3.8, 4) is 0 Å². The molecule has 0 heterocycles. The number of rotatable bonds is 8. The minimum atomic E-state index is -0.996. The van der Waals surface area contributed by atoms with Crippen molar-refractivity contribution in [2.24, 2.45) is 5.92 Å². The highest BCUT2D eigenvalue weighted by molar-refractivity contribution is 5.95. The normalized spacial score (nSPS) is 9.95. The molecule has 0 spiro atoms. The third-order valence-corrected chi connectivity index (χ3v) is 2.16. The van der Waals surface area contributed by atoms with Crippen LogP contribution in [0.5, 0.6) is 0 Å². The maximum atomic E-state index is 11.3. The molecule has 0 radical (unpaired) electrons. The summed E-state index contributed by atoms with van der Waals surface area (Å²) in [7, 11) is 0. The maximum absolute atomic E-state index is 11.3. The Morgan fingerprint density at radius 2 is 1.65 bits per heavy atom. The summed E-state index contributed by atoms with van der Waals surface area (Å²) in [6.45, 7) is 4.17. The van der Waals surface area contributed by atoms with Gasteiger partial charge in [-0.05, 0) is 12.3 Å². The fraction of sp³-hybridized carbons (Fsp3) is 0.667. The second kappa shape index (κ2) is 9.76. The average molecular weight is 287 g/mol. The molecular formula is C12H21N3O5. The van der Waals surface area contributed by atoms with Crippen molar-refractivity contribution in [2.75, 3.05) is 13.1 Å². The van der Waals surface area contributed by atoms with Gasteiger partial charge in [-0.3, -0.25) is 19.7 Å². The molecule has 0 saturated heterocycles. The lowest BCUT2D eigenvalue weighted by Crippen LogP contribution is -2.44. The lowest BCUT2D eigenvalue weighted by molar-refractivity contribution is -0.137. The number of amides is 4. The molecule has 114 valence electrons. The Labute approximate surface area is 117 Å². The summed E-state index contributed by atoms with van der Waals surface area (Å²) in [6, 6.07) is -0.773. The standard InChI is InChI=1S/C12H21N3O5/c1-8(2)6-13-10(17)7-14-12(20)15-9(16)4-3-5-11(18)19/h8H,3-7H2,1-2H3,(H,13,17)(H,18,19)(H2,14,15,16,20). The van der Waals surface area contributed by atoms with E-state index in [1.165, 1.54) is 0 Å². The zero-order chi connectivity index (χ0) is 15.5. The number of aliphatic carboxylic acids is 1. The third-order valence-electron chi connectivity index (χ3n) is 2.16. The van der Waals surface area contributed by atoms with E-state index < -0.39 is 17.9 Å². The maximum Gasteiger partial charge on any atom is 0.321 e. The topological polar surface area (TPSA) is 125 Å². The summed E-state index contributed by atoms with van der Waals surface area (Å²) in [5.41, 5.74) is 0. The van der Waals surface area contributed by atoms with Crippen LogP contribution in [-0.4, -0.2) is 42.0 Å². The molecule has 8 nitrogen and oxygen atoms in total. The van der Waals surface area contributed by atoms with Gasteiger partial charge in [0, 0.05) is 19.4 Å². The number of carbonyl (C=O) groups is 4. The van der Waals surface area contributed by atoms with Crippen LogP contribution in [0, 0.1) is 5.92 Å². The minimum Gasteiger partial charge on any atom is -0.481 e. The zero-order valence-electron chi connectivity index (χ0n) is 11.7. The first-order valence-corrected chi connectivity index (χ1v) is 6.37. The number of hydrogen-bond donors (Lipinski definition) is 4. The van der Waals surface area contributed by atoms with Gasteiger partial charge in [0.1, 0.15) is 0 Å². The van der Waals surface area contributed by atoms with E-state index in [-0.39, 0.29) is 31.7 Å². The zero-order valence-corrected chi connectivity index (χ0v) is 11.7. The number of nitrogens with one attached hydrogen (secondary N) is 3. The van der Waals surface area contributed by atoms with Crippen LogP contribution in [0.1, 0.15) is 33.1 Å². The van der Waals surface area contributed by atoms with Crippen molar-refractivity contribution in [3.63, 3.8) is 0 Å². The lowest BCUT2D eigenvalue weighted by Gasteiger charge is -2.09. The number of carboxylic acid groups (broad SMARTS) is 1. The summed E-state index contributed by atoms with van der Waals surface area (Å²) >= 11 is 0. The number of hydrogen-bond acceptors (Lipinski definition) is 4. The first kappa shape index (κ1) is 17.9. The van der Waals surface area contributed by atoms with Gasteiger partial charge in [-0.1, -0.05) is 13.8 Å². The molecule has 0 unspecified atom stereocenters. The Kier molecular flexibility index (Phi) is 8.73. The van der Waals surface area contributed by atoms with E-state index in [1.54, 1.807) is 0 Å². The molecule has 0 bridgehead atoms. The smallest absolute Gasteiger partial charge is 0.321 e. The van der Waals surface area contributed by atoms with Crippen LogP contribution in [0.25, 0.3) is 0 Å². The highest BCUT2D eigenvalue weighted by Gasteiger charge is 2.10. The van der Waals surface area contributed by atoms with Crippen LogP contribution in [0.2, 0.25) is 0 Å². The van der Waals surface area contributed by atoms with Crippen molar-refractivity contribution in [2.45, 2.75) is 33.1 Å². The van der Waals surface area contributed by atoms with Crippen LogP contribution in [0.4, 0.5) is 4.79 Å². The van der Waals surface area contributed by atoms with Gasteiger partial charge in [0.05, 0.1) is 6.54 Å². The van der Waals surface area contributed by atoms with Crippen LogP contribution in [0.15, 0.2) is 0 Å². The van der Waals surface area contributed by atoms with Crippen molar-refractivity contribution >= 4 is 23.8 Å². The van der Waals surface area contributed by atoms with E-state index in [2.05, 4.69) is 10.6 Å². The van der Waals surface area contributed by atoms with Gasteiger partial charge >= 0.3 is 12.0 Å². The molecule has 0 saturated carbocycles. The van der Waals surface area contributed by atoms with E-state index in [1.807, 2.05) is 19.2 Å². The summed E-state index contributed by atoms with van der Waals surface area (Å²) < 4.78 is 0. The molecular weight excluding hydrogens is 266 g/mol. The highest BCUT2D eigenvalue weighted by atomic mass is 16.4. The Hall–Kier alpha value is -2.12. The molecule has 0 aliphatic carbocycles. The largest absolute Gasteiger partial charge is 0.481 e. The molecule has 0 atom stereocenters. The minimum absolute atomic E-state index is 0.0563. The van der Waals surface area contributed by atoms with Gasteiger partial charge < -0.3 is 15.7 Å². The number of imide groups is 1. The van der Waals surface area contributed by atoms with Crippen LogP contribution >= 0.6 is 0 Å². The summed E-state index contributed by atoms with van der Waals surface area (Å²) in [5, 5.41) is 15.2. The Morgan fingerprint density at radius 3 is 2.20 bits per heavy atom. The Morgan fingerprint density at radius 1 is 1.00 bits per heavy atom. The molecule has 0 aromatic heterocycles. The fourth-order valence-electron chi connectivity index (χ4n) is 1.17. The fourth-order valence-corrected chi connectivity index (χ4v) is 1.17. The van der Waals surface area contributed by atoms with Gasteiger partial charge in [-0.2, -0.15) is 0 Å². The van der Waals surface area contributed by atoms with Gasteiger partial charge in [-0.25, -0.2) is 4.79 Å². The molecule has 0 fully saturated rings. The quantitative estimate of drug-likeness (QED) is 0.493. The molecule has 4 amide bonds. The van der Waals surface area contributed by atoms with Crippen molar-refractivity contribution in [1.82, 2.24) is 16.0 Å². The molecule has 0 aromatic carbocycles. The van der Waals surface area contributed by atoms with Gasteiger partial charge in [0.15, 0.2) is 0 Å². The summed E-state index contributed by atoms with van der Waals surface area (Å²) in [5.74, 6) is -1.61. The molecule has 0 aliphatic rings. The molecule has 0 aromatic rings. The third kappa shape index (κ3) is 11.0. The second-order valence-corrected chi connectivity index (χ2v) is 4.68. The van der Waals surface area contributed by atoms with E-state index in [0.29, 0.717) is 12.5 Å². The molecule has 4 N–H and O–H groups in total. The Bertz CT molecular complexity index is 368. The monoisotopic (exact) mass is 287 g/mol. The molecule has 20 heavy (non-hydrogen) atoms. The van der Waals surface area contributed by atoms with Gasteiger partial charge in [0.2, 0.25) is 11.8 Å². The highest BCUT2D eigenvalue weighted by Crippen LogP contribution is 1.94. The molecule has 0 aliphatic heterocycles. The SMILES string of the molecule is CC(C)CNC(=O)CNC(=O)NC(=O)CCCC(=O)O. The number of urea groups is 1. The van der Waals surface area contributed by atoms with Gasteiger partial charge in [0.25, 0.3) is 0 Å². The van der Waals surface area contributed by atoms with E-state index in [4.69, 9.17) is 5.11 Å². The number of carboxylic acids is 1. The molecule has 8 heteroatoms. The first-order valence-electron chi connectivity index (χ1n) is 6.37. The van der Waals surface area contributed by atoms with Crippen LogP contribution in [0.3, 0.4) is 0 Å². The van der Waals surface area contributed by atoms with E-state index in [9.17, 15) is 19.2 Å². The van der Waals surface area contributed by atoms with E-state index in [0.717, 1.165) is 0 Å². The predicted molar refractivity (Wildman–Crippen MR) is 70.9 cm³/mol. The summed E-state index contributed by atoms with van der Waals surface area (Å²) in [6.07, 6.45) is -0.0325. The lowest BCUT2D eigenvalue weighted by atomic mass is 10.2. The van der Waals surface area contributed by atoms with Gasteiger partial charge in [-0.15, -0.1) is 0 Å². The van der Waals surface area contributed by atoms with Crippen molar-refractivity contribution < 1.29 is 24.3 Å². The van der Waals surface area contributed by atoms with Crippen molar-refractivity contribution in [1.29, 1.82) is 0 Å². The Balaban J connectivity index is 3.74.